The second kappa shape index (κ2) is 6.73. The highest BCUT2D eigenvalue weighted by Gasteiger charge is 2.01. The van der Waals surface area contributed by atoms with Crippen LogP contribution in [0.15, 0.2) is 0 Å². The van der Waals surface area contributed by atoms with Crippen LogP contribution in [0.3, 0.4) is 0 Å². The van der Waals surface area contributed by atoms with Gasteiger partial charge in [0.1, 0.15) is 5.01 Å². The third kappa shape index (κ3) is 4.02. The van der Waals surface area contributed by atoms with Crippen LogP contribution in [0, 0.1) is 0 Å². The van der Waals surface area contributed by atoms with Gasteiger partial charge < -0.3 is 10.1 Å². The predicted octanol–water partition coefficient (Wildman–Crippen LogP) is 1.94. The second-order valence-electron chi connectivity index (χ2n) is 3.02. The summed E-state index contributed by atoms with van der Waals surface area (Å²) in [6.07, 6.45) is 3.15. The summed E-state index contributed by atoms with van der Waals surface area (Å²) in [6.45, 7) is 3.83. The third-order valence-corrected chi connectivity index (χ3v) is 2.67. The van der Waals surface area contributed by atoms with Gasteiger partial charge in [-0.1, -0.05) is 18.3 Å². The molecule has 0 saturated carbocycles. The number of aryl methyl sites for hydroxylation is 1. The molecule has 0 saturated heterocycles. The van der Waals surface area contributed by atoms with Crippen LogP contribution in [0.2, 0.25) is 0 Å². The number of methoxy groups -OCH3 is 1. The Bertz CT molecular complexity index is 252. The van der Waals surface area contributed by atoms with Crippen LogP contribution in [0.1, 0.15) is 24.8 Å². The Morgan fingerprint density at radius 2 is 2.29 bits per heavy atom. The molecule has 14 heavy (non-hydrogen) atoms. The first-order valence-corrected chi connectivity index (χ1v) is 5.73. The van der Waals surface area contributed by atoms with E-state index < -0.39 is 0 Å². The van der Waals surface area contributed by atoms with Gasteiger partial charge in [0.05, 0.1) is 0 Å². The van der Waals surface area contributed by atoms with Crippen molar-refractivity contribution in [3.63, 3.8) is 0 Å². The van der Waals surface area contributed by atoms with E-state index in [1.165, 1.54) is 0 Å². The minimum atomic E-state index is 0.785. The van der Waals surface area contributed by atoms with Crippen LogP contribution in [0.5, 0.6) is 0 Å². The van der Waals surface area contributed by atoms with Crippen molar-refractivity contribution in [3.05, 3.63) is 5.01 Å². The molecule has 1 heterocycles. The first kappa shape index (κ1) is 11.4. The van der Waals surface area contributed by atoms with E-state index in [-0.39, 0.29) is 0 Å². The summed E-state index contributed by atoms with van der Waals surface area (Å²) < 4.78 is 4.95. The van der Waals surface area contributed by atoms with Crippen LogP contribution in [-0.4, -0.2) is 30.5 Å². The molecular formula is C9H17N3OS. The normalized spacial score (nSPS) is 10.4. The van der Waals surface area contributed by atoms with E-state index in [1.54, 1.807) is 18.4 Å². The van der Waals surface area contributed by atoms with Gasteiger partial charge in [-0.2, -0.15) is 0 Å². The largest absolute Gasteiger partial charge is 0.385 e. The van der Waals surface area contributed by atoms with Crippen LogP contribution < -0.4 is 5.32 Å². The molecule has 0 amide bonds. The third-order valence-electron chi connectivity index (χ3n) is 1.73. The van der Waals surface area contributed by atoms with Gasteiger partial charge in [-0.15, -0.1) is 10.2 Å². The van der Waals surface area contributed by atoms with E-state index >= 15 is 0 Å². The fourth-order valence-corrected chi connectivity index (χ4v) is 1.92. The van der Waals surface area contributed by atoms with E-state index in [2.05, 4.69) is 22.4 Å². The maximum Gasteiger partial charge on any atom is 0.205 e. The lowest BCUT2D eigenvalue weighted by molar-refractivity contribution is 0.198. The van der Waals surface area contributed by atoms with Crippen molar-refractivity contribution in [2.45, 2.75) is 26.2 Å². The average molecular weight is 215 g/mol. The van der Waals surface area contributed by atoms with Crippen LogP contribution in [0.4, 0.5) is 5.13 Å². The zero-order chi connectivity index (χ0) is 10.2. The topological polar surface area (TPSA) is 47.0 Å². The molecule has 0 bridgehead atoms. The van der Waals surface area contributed by atoms with Gasteiger partial charge in [-0.05, 0) is 12.8 Å². The van der Waals surface area contributed by atoms with Gasteiger partial charge in [-0.3, -0.25) is 0 Å². The molecule has 0 unspecified atom stereocenters. The minimum Gasteiger partial charge on any atom is -0.385 e. The maximum atomic E-state index is 4.95. The summed E-state index contributed by atoms with van der Waals surface area (Å²) in [5.74, 6) is 0. The van der Waals surface area contributed by atoms with E-state index in [9.17, 15) is 0 Å². The molecule has 4 nitrogen and oxygen atoms in total. The smallest absolute Gasteiger partial charge is 0.205 e. The second-order valence-corrected chi connectivity index (χ2v) is 4.09. The molecule has 1 aromatic rings. The first-order valence-electron chi connectivity index (χ1n) is 4.92. The monoisotopic (exact) mass is 215 g/mol. The van der Waals surface area contributed by atoms with E-state index in [0.717, 1.165) is 42.6 Å². The van der Waals surface area contributed by atoms with Gasteiger partial charge in [0.2, 0.25) is 5.13 Å². The van der Waals surface area contributed by atoms with E-state index in [1.807, 2.05) is 0 Å². The molecule has 0 fully saturated rings. The Hall–Kier alpha value is -0.680. The lowest BCUT2D eigenvalue weighted by atomic mass is 10.4. The standard InChI is InChI=1S/C9H17N3OS/c1-3-5-8-11-12-9(14-8)10-6-4-7-13-2/h3-7H2,1-2H3,(H,10,12). The Morgan fingerprint density at radius 1 is 1.43 bits per heavy atom. The Labute approximate surface area is 88.7 Å². The molecule has 80 valence electrons. The van der Waals surface area contributed by atoms with Crippen molar-refractivity contribution in [2.75, 3.05) is 25.6 Å². The molecule has 0 radical (unpaired) electrons. The zero-order valence-electron chi connectivity index (χ0n) is 8.75. The summed E-state index contributed by atoms with van der Waals surface area (Å²) in [7, 11) is 1.71. The summed E-state index contributed by atoms with van der Waals surface area (Å²) in [5.41, 5.74) is 0. The molecule has 1 N–H and O–H groups in total. The van der Waals surface area contributed by atoms with Crippen LogP contribution in [-0.2, 0) is 11.2 Å². The number of hydrogen-bond acceptors (Lipinski definition) is 5. The Morgan fingerprint density at radius 3 is 3.00 bits per heavy atom. The van der Waals surface area contributed by atoms with Crippen LogP contribution >= 0.6 is 11.3 Å². The molecule has 0 aliphatic carbocycles. The summed E-state index contributed by atoms with van der Waals surface area (Å²) >= 11 is 1.64. The molecule has 0 atom stereocenters. The molecule has 1 rings (SSSR count). The first-order chi connectivity index (χ1) is 6.86. The highest BCUT2D eigenvalue weighted by atomic mass is 32.1. The van der Waals surface area contributed by atoms with Gasteiger partial charge in [0, 0.05) is 26.7 Å². The summed E-state index contributed by atoms with van der Waals surface area (Å²) in [6, 6.07) is 0. The molecule has 0 aliphatic rings. The van der Waals surface area contributed by atoms with Crippen molar-refractivity contribution < 1.29 is 4.74 Å². The summed E-state index contributed by atoms with van der Waals surface area (Å²) in [4.78, 5) is 0. The highest BCUT2D eigenvalue weighted by molar-refractivity contribution is 7.15. The Balaban J connectivity index is 2.22. The molecule has 1 aromatic heterocycles. The summed E-state index contributed by atoms with van der Waals surface area (Å²) in [5, 5.41) is 13.4. The van der Waals surface area contributed by atoms with Crippen molar-refractivity contribution >= 4 is 16.5 Å². The number of hydrogen-bond donors (Lipinski definition) is 1. The molecular weight excluding hydrogens is 198 g/mol. The molecule has 0 aliphatic heterocycles. The fraction of sp³-hybridized carbons (Fsp3) is 0.778. The van der Waals surface area contributed by atoms with Crippen molar-refractivity contribution in [2.24, 2.45) is 0 Å². The Kier molecular flexibility index (Phi) is 5.47. The van der Waals surface area contributed by atoms with E-state index in [0.29, 0.717) is 0 Å². The molecule has 5 heteroatoms. The highest BCUT2D eigenvalue weighted by Crippen LogP contribution is 2.15. The minimum absolute atomic E-state index is 0.785. The van der Waals surface area contributed by atoms with Crippen molar-refractivity contribution in [1.82, 2.24) is 10.2 Å². The number of anilines is 1. The fourth-order valence-electron chi connectivity index (χ4n) is 1.05. The number of rotatable bonds is 7. The van der Waals surface area contributed by atoms with Gasteiger partial charge >= 0.3 is 0 Å². The lowest BCUT2D eigenvalue weighted by Gasteiger charge is -1.99. The quantitative estimate of drug-likeness (QED) is 0.706. The SMILES string of the molecule is CCCc1nnc(NCCCOC)s1. The number of aromatic nitrogens is 2. The number of ether oxygens (including phenoxy) is 1. The predicted molar refractivity (Wildman–Crippen MR) is 58.9 cm³/mol. The van der Waals surface area contributed by atoms with Gasteiger partial charge in [-0.25, -0.2) is 0 Å². The molecule has 0 spiro atoms. The average Bonchev–Trinajstić information content (AvgIpc) is 2.61. The van der Waals surface area contributed by atoms with Crippen molar-refractivity contribution in [1.29, 1.82) is 0 Å². The van der Waals surface area contributed by atoms with Crippen molar-refractivity contribution in [3.8, 4) is 0 Å². The maximum absolute atomic E-state index is 4.95. The van der Waals surface area contributed by atoms with Crippen LogP contribution in [0.25, 0.3) is 0 Å². The zero-order valence-corrected chi connectivity index (χ0v) is 9.56. The number of nitrogens with one attached hydrogen (secondary N) is 1. The number of nitrogens with zero attached hydrogens (tertiary/aromatic N) is 2. The molecule has 0 aromatic carbocycles. The van der Waals surface area contributed by atoms with E-state index in [4.69, 9.17) is 4.74 Å². The van der Waals surface area contributed by atoms with Gasteiger partial charge in [0.15, 0.2) is 0 Å². The lowest BCUT2D eigenvalue weighted by Crippen LogP contribution is -2.04. The van der Waals surface area contributed by atoms with Gasteiger partial charge in [0.25, 0.3) is 0 Å².